The lowest BCUT2D eigenvalue weighted by Gasteiger charge is -2.20. The molecule has 0 atom stereocenters. The van der Waals surface area contributed by atoms with Crippen LogP contribution in [0.1, 0.15) is 20.8 Å². The first-order valence-electron chi connectivity index (χ1n) is 7.06. The Balaban J connectivity index is 2.04. The third-order valence-electron chi connectivity index (χ3n) is 2.64. The zero-order valence-corrected chi connectivity index (χ0v) is 14.7. The van der Waals surface area contributed by atoms with Crippen LogP contribution in [0.15, 0.2) is 15.6 Å². The quantitative estimate of drug-likeness (QED) is 0.563. The molecule has 0 radical (unpaired) electrons. The number of hydrogen-bond acceptors (Lipinski definition) is 8. The molecular weight excluding hydrogens is 340 g/mol. The molecule has 10 heteroatoms. The van der Waals surface area contributed by atoms with Gasteiger partial charge in [0.2, 0.25) is 0 Å². The summed E-state index contributed by atoms with van der Waals surface area (Å²) in [5.41, 5.74) is 0.945. The summed E-state index contributed by atoms with van der Waals surface area (Å²) in [4.78, 5) is 23.4. The van der Waals surface area contributed by atoms with Gasteiger partial charge in [-0.3, -0.25) is 0 Å². The molecule has 1 aliphatic rings. The van der Waals surface area contributed by atoms with Gasteiger partial charge in [0, 0.05) is 11.4 Å². The summed E-state index contributed by atoms with van der Waals surface area (Å²) in [6.07, 6.45) is 0.0302. The number of urea groups is 1. The van der Waals surface area contributed by atoms with Gasteiger partial charge in [0.25, 0.3) is 5.19 Å². The average Bonchev–Trinajstić information content (AvgIpc) is 2.92. The van der Waals surface area contributed by atoms with E-state index in [0.717, 1.165) is 0 Å². The molecule has 0 aliphatic carbocycles. The average molecular weight is 358 g/mol. The third-order valence-corrected chi connectivity index (χ3v) is 4.61. The number of thioether (sulfide) groups is 1. The molecule has 8 nitrogen and oxygen atoms in total. The van der Waals surface area contributed by atoms with Crippen molar-refractivity contribution in [1.29, 1.82) is 0 Å². The number of esters is 1. The topological polar surface area (TPSA) is 102 Å². The Kier molecular flexibility index (Phi) is 6.22. The van der Waals surface area contributed by atoms with E-state index in [2.05, 4.69) is 20.8 Å². The van der Waals surface area contributed by atoms with Crippen molar-refractivity contribution < 1.29 is 19.1 Å². The van der Waals surface area contributed by atoms with Gasteiger partial charge in [0.1, 0.15) is 0 Å². The Morgan fingerprint density at radius 2 is 2.22 bits per heavy atom. The Hall–Kier alpha value is -1.81. The lowest BCUT2D eigenvalue weighted by molar-refractivity contribution is -0.138. The van der Waals surface area contributed by atoms with Crippen molar-refractivity contribution in [3.8, 4) is 5.19 Å². The molecule has 2 N–H and O–H groups in total. The van der Waals surface area contributed by atoms with Crippen LogP contribution in [0.25, 0.3) is 0 Å². The maximum Gasteiger partial charge on any atom is 0.337 e. The van der Waals surface area contributed by atoms with Gasteiger partial charge >= 0.3 is 12.0 Å². The molecule has 0 unspecified atom stereocenters. The van der Waals surface area contributed by atoms with Crippen LogP contribution in [0, 0.1) is 0 Å². The number of hydrogen-bond donors (Lipinski definition) is 2. The number of aromatic nitrogens is 2. The van der Waals surface area contributed by atoms with Gasteiger partial charge in [-0.2, -0.15) is 0 Å². The fraction of sp³-hybridized carbons (Fsp3) is 0.538. The lowest BCUT2D eigenvalue weighted by atomic mass is 10.2. The van der Waals surface area contributed by atoms with E-state index in [0.29, 0.717) is 26.6 Å². The van der Waals surface area contributed by atoms with E-state index in [1.165, 1.54) is 23.1 Å². The number of carbonyl (C=O) groups excluding carboxylic acids is 2. The fourth-order valence-electron chi connectivity index (χ4n) is 1.71. The van der Waals surface area contributed by atoms with E-state index >= 15 is 0 Å². The Bertz CT molecular complexity index is 615. The van der Waals surface area contributed by atoms with Crippen LogP contribution in [0.2, 0.25) is 0 Å². The molecule has 1 aromatic heterocycles. The molecule has 0 spiro atoms. The molecule has 2 amide bonds. The first kappa shape index (κ1) is 17.5. The molecule has 0 fully saturated rings. The first-order chi connectivity index (χ1) is 11.0. The SMILES string of the molecule is CCOC(=O)C1=C(CSc2nnc(OC(C)C)s2)NC(=O)NC1. The molecule has 1 aromatic rings. The summed E-state index contributed by atoms with van der Waals surface area (Å²) in [6.45, 7) is 5.99. The summed E-state index contributed by atoms with van der Waals surface area (Å²) in [6, 6.07) is -0.338. The number of rotatable bonds is 7. The highest BCUT2D eigenvalue weighted by Gasteiger charge is 2.24. The second kappa shape index (κ2) is 8.16. The molecule has 1 aliphatic heterocycles. The maximum absolute atomic E-state index is 11.9. The molecule has 0 aromatic carbocycles. The minimum Gasteiger partial charge on any atom is -0.466 e. The van der Waals surface area contributed by atoms with E-state index in [-0.39, 0.29) is 25.3 Å². The van der Waals surface area contributed by atoms with Crippen LogP contribution >= 0.6 is 23.1 Å². The molecule has 0 bridgehead atoms. The van der Waals surface area contributed by atoms with E-state index in [1.54, 1.807) is 6.92 Å². The summed E-state index contributed by atoms with van der Waals surface area (Å²) < 4.78 is 11.2. The summed E-state index contributed by atoms with van der Waals surface area (Å²) in [5, 5.41) is 13.7. The summed E-state index contributed by atoms with van der Waals surface area (Å²) in [5.74, 6) is -0.0468. The normalized spacial score (nSPS) is 14.5. The Morgan fingerprint density at radius 3 is 2.91 bits per heavy atom. The number of amides is 2. The summed E-state index contributed by atoms with van der Waals surface area (Å²) in [7, 11) is 0. The minimum atomic E-state index is -0.434. The Labute approximate surface area is 142 Å². The zero-order chi connectivity index (χ0) is 16.8. The molecule has 23 heavy (non-hydrogen) atoms. The highest BCUT2D eigenvalue weighted by atomic mass is 32.2. The van der Waals surface area contributed by atoms with E-state index < -0.39 is 5.97 Å². The van der Waals surface area contributed by atoms with E-state index in [4.69, 9.17) is 9.47 Å². The van der Waals surface area contributed by atoms with Gasteiger partial charge < -0.3 is 20.1 Å². The molecule has 2 heterocycles. The molecular formula is C13H18N4O4S2. The van der Waals surface area contributed by atoms with Gasteiger partial charge in [-0.05, 0) is 32.1 Å². The van der Waals surface area contributed by atoms with Crippen molar-refractivity contribution in [2.24, 2.45) is 0 Å². The molecule has 126 valence electrons. The third kappa shape index (κ3) is 5.10. The number of ether oxygens (including phenoxy) is 2. The predicted octanol–water partition coefficient (Wildman–Crippen LogP) is 1.55. The maximum atomic E-state index is 11.9. The van der Waals surface area contributed by atoms with Crippen molar-refractivity contribution >= 4 is 35.1 Å². The van der Waals surface area contributed by atoms with Crippen LogP contribution in [-0.4, -0.2) is 47.2 Å². The first-order valence-corrected chi connectivity index (χ1v) is 8.86. The van der Waals surface area contributed by atoms with Crippen LogP contribution in [0.5, 0.6) is 5.19 Å². The van der Waals surface area contributed by atoms with Crippen molar-refractivity contribution in [2.75, 3.05) is 18.9 Å². The zero-order valence-electron chi connectivity index (χ0n) is 13.0. The van der Waals surface area contributed by atoms with Gasteiger partial charge in [0.05, 0.1) is 24.8 Å². The summed E-state index contributed by atoms with van der Waals surface area (Å²) >= 11 is 2.69. The van der Waals surface area contributed by atoms with E-state index in [9.17, 15) is 9.59 Å². The van der Waals surface area contributed by atoms with Crippen LogP contribution < -0.4 is 15.4 Å². The van der Waals surface area contributed by atoms with Crippen molar-refractivity contribution in [1.82, 2.24) is 20.8 Å². The number of nitrogens with zero attached hydrogens (tertiary/aromatic N) is 2. The fourth-order valence-corrected chi connectivity index (χ4v) is 3.50. The van der Waals surface area contributed by atoms with Crippen molar-refractivity contribution in [3.05, 3.63) is 11.3 Å². The van der Waals surface area contributed by atoms with E-state index in [1.807, 2.05) is 13.8 Å². The number of carbonyl (C=O) groups is 2. The smallest absolute Gasteiger partial charge is 0.337 e. The van der Waals surface area contributed by atoms with Crippen LogP contribution in [-0.2, 0) is 9.53 Å². The second-order valence-electron chi connectivity index (χ2n) is 4.77. The highest BCUT2D eigenvalue weighted by molar-refractivity contribution is 8.01. The van der Waals surface area contributed by atoms with Gasteiger partial charge in [-0.15, -0.1) is 5.10 Å². The predicted molar refractivity (Wildman–Crippen MR) is 86.6 cm³/mol. The van der Waals surface area contributed by atoms with Gasteiger partial charge in [0.15, 0.2) is 4.34 Å². The van der Waals surface area contributed by atoms with Crippen molar-refractivity contribution in [3.63, 3.8) is 0 Å². The second-order valence-corrected chi connectivity index (χ2v) is 6.94. The molecule has 2 rings (SSSR count). The largest absolute Gasteiger partial charge is 0.466 e. The number of nitrogens with one attached hydrogen (secondary N) is 2. The van der Waals surface area contributed by atoms with Crippen LogP contribution in [0.3, 0.4) is 0 Å². The molecule has 0 saturated carbocycles. The Morgan fingerprint density at radius 1 is 1.43 bits per heavy atom. The monoisotopic (exact) mass is 358 g/mol. The van der Waals surface area contributed by atoms with Crippen LogP contribution in [0.4, 0.5) is 4.79 Å². The lowest BCUT2D eigenvalue weighted by Crippen LogP contribution is -2.44. The van der Waals surface area contributed by atoms with Crippen molar-refractivity contribution in [2.45, 2.75) is 31.2 Å². The minimum absolute atomic E-state index is 0.0302. The standard InChI is InChI=1S/C13H18N4O4S2/c1-4-20-10(18)8-5-14-11(19)15-9(8)6-22-13-17-16-12(23-13)21-7(2)3/h7H,4-6H2,1-3H3,(H2,14,15,19). The van der Waals surface area contributed by atoms with Gasteiger partial charge in [-0.1, -0.05) is 16.9 Å². The highest BCUT2D eigenvalue weighted by Crippen LogP contribution is 2.29. The van der Waals surface area contributed by atoms with Gasteiger partial charge in [-0.25, -0.2) is 9.59 Å². The molecule has 0 saturated heterocycles.